The van der Waals surface area contributed by atoms with Crippen molar-refractivity contribution in [2.45, 2.75) is 18.9 Å². The third kappa shape index (κ3) is 3.12. The maximum Gasteiger partial charge on any atom is 0.139 e. The van der Waals surface area contributed by atoms with E-state index in [2.05, 4.69) is 57.6 Å². The number of aromatic amines is 1. The van der Waals surface area contributed by atoms with Crippen molar-refractivity contribution in [2.75, 3.05) is 25.5 Å². The van der Waals surface area contributed by atoms with Crippen LogP contribution < -0.4 is 5.32 Å². The lowest BCUT2D eigenvalue weighted by Crippen LogP contribution is -2.36. The molecule has 2 aromatic heterocycles. The Labute approximate surface area is 146 Å². The SMILES string of the molecule is CN1CCC(Nc2ccc(-c3cc4c(Cl)ccnc4[nH]3)cc2)CC1. The fraction of sp³-hybridized carbons (Fsp3) is 0.316. The van der Waals surface area contributed by atoms with Gasteiger partial charge in [-0.1, -0.05) is 23.7 Å². The maximum atomic E-state index is 6.23. The van der Waals surface area contributed by atoms with Crippen LogP contribution in [0.25, 0.3) is 22.3 Å². The van der Waals surface area contributed by atoms with Crippen LogP contribution in [0.5, 0.6) is 0 Å². The van der Waals surface area contributed by atoms with Gasteiger partial charge in [-0.2, -0.15) is 0 Å². The molecule has 4 rings (SSSR count). The zero-order chi connectivity index (χ0) is 16.5. The quantitative estimate of drug-likeness (QED) is 0.743. The number of nitrogens with zero attached hydrogens (tertiary/aromatic N) is 2. The van der Waals surface area contributed by atoms with Gasteiger partial charge in [0.2, 0.25) is 0 Å². The van der Waals surface area contributed by atoms with Crippen molar-refractivity contribution >= 4 is 28.3 Å². The number of hydrogen-bond donors (Lipinski definition) is 2. The van der Waals surface area contributed by atoms with Crippen molar-refractivity contribution in [1.82, 2.24) is 14.9 Å². The number of H-pyrrole nitrogens is 1. The van der Waals surface area contributed by atoms with Gasteiger partial charge in [0, 0.05) is 29.0 Å². The summed E-state index contributed by atoms with van der Waals surface area (Å²) >= 11 is 6.23. The molecule has 124 valence electrons. The van der Waals surface area contributed by atoms with Gasteiger partial charge in [-0.25, -0.2) is 4.98 Å². The van der Waals surface area contributed by atoms with Crippen LogP contribution >= 0.6 is 11.6 Å². The zero-order valence-electron chi connectivity index (χ0n) is 13.7. The Kier molecular flexibility index (Phi) is 4.17. The summed E-state index contributed by atoms with van der Waals surface area (Å²) in [5, 5.41) is 5.33. The number of rotatable bonds is 3. The average molecular weight is 341 g/mol. The molecule has 3 heterocycles. The molecule has 1 aliphatic rings. The highest BCUT2D eigenvalue weighted by Gasteiger charge is 2.16. The lowest BCUT2D eigenvalue weighted by atomic mass is 10.0. The summed E-state index contributed by atoms with van der Waals surface area (Å²) in [6, 6.07) is 13.0. The van der Waals surface area contributed by atoms with Gasteiger partial charge in [0.1, 0.15) is 5.65 Å². The molecule has 1 fully saturated rings. The number of hydrogen-bond acceptors (Lipinski definition) is 3. The largest absolute Gasteiger partial charge is 0.382 e. The molecule has 0 unspecified atom stereocenters. The first-order valence-electron chi connectivity index (χ1n) is 8.38. The molecular formula is C19H21ClN4. The van der Waals surface area contributed by atoms with Gasteiger partial charge in [0.15, 0.2) is 0 Å². The van der Waals surface area contributed by atoms with E-state index in [0.29, 0.717) is 6.04 Å². The maximum absolute atomic E-state index is 6.23. The topological polar surface area (TPSA) is 44.0 Å². The van der Waals surface area contributed by atoms with E-state index in [-0.39, 0.29) is 0 Å². The molecule has 0 radical (unpaired) electrons. The van der Waals surface area contributed by atoms with Crippen molar-refractivity contribution in [3.8, 4) is 11.3 Å². The van der Waals surface area contributed by atoms with E-state index >= 15 is 0 Å². The molecule has 1 aliphatic heterocycles. The highest BCUT2D eigenvalue weighted by molar-refractivity contribution is 6.35. The molecule has 0 bridgehead atoms. The van der Waals surface area contributed by atoms with Gasteiger partial charge in [-0.05, 0) is 62.8 Å². The summed E-state index contributed by atoms with van der Waals surface area (Å²) in [4.78, 5) is 10.1. The Morgan fingerprint density at radius 2 is 1.92 bits per heavy atom. The normalized spacial score (nSPS) is 16.6. The van der Waals surface area contributed by atoms with E-state index in [1.165, 1.54) is 31.6 Å². The van der Waals surface area contributed by atoms with Crippen LogP contribution in [0.2, 0.25) is 5.02 Å². The van der Waals surface area contributed by atoms with Crippen LogP contribution in [-0.4, -0.2) is 41.0 Å². The number of nitrogens with one attached hydrogen (secondary N) is 2. The lowest BCUT2D eigenvalue weighted by Gasteiger charge is -2.30. The molecule has 24 heavy (non-hydrogen) atoms. The number of pyridine rings is 1. The Balaban J connectivity index is 1.51. The van der Waals surface area contributed by atoms with Gasteiger partial charge < -0.3 is 15.2 Å². The molecular weight excluding hydrogens is 320 g/mol. The van der Waals surface area contributed by atoms with Crippen molar-refractivity contribution in [1.29, 1.82) is 0 Å². The van der Waals surface area contributed by atoms with Crippen LogP contribution in [-0.2, 0) is 0 Å². The van der Waals surface area contributed by atoms with Crippen molar-refractivity contribution in [3.63, 3.8) is 0 Å². The average Bonchev–Trinajstić information content (AvgIpc) is 3.03. The summed E-state index contributed by atoms with van der Waals surface area (Å²) in [6.45, 7) is 2.33. The minimum Gasteiger partial charge on any atom is -0.382 e. The third-order valence-electron chi connectivity index (χ3n) is 4.76. The number of fused-ring (bicyclic) bond motifs is 1. The zero-order valence-corrected chi connectivity index (χ0v) is 14.5. The summed E-state index contributed by atoms with van der Waals surface area (Å²) in [5.74, 6) is 0. The number of aromatic nitrogens is 2. The number of likely N-dealkylation sites (tertiary alicyclic amines) is 1. The number of anilines is 1. The first-order chi connectivity index (χ1) is 11.7. The molecule has 4 nitrogen and oxygen atoms in total. The second-order valence-corrected chi connectivity index (χ2v) is 6.94. The summed E-state index contributed by atoms with van der Waals surface area (Å²) in [5.41, 5.74) is 4.18. The van der Waals surface area contributed by atoms with Crippen LogP contribution in [0.1, 0.15) is 12.8 Å². The predicted octanol–water partition coefficient (Wildman–Crippen LogP) is 4.39. The molecule has 0 atom stereocenters. The minimum atomic E-state index is 0.572. The molecule has 0 saturated carbocycles. The first kappa shape index (κ1) is 15.5. The van der Waals surface area contributed by atoms with Gasteiger partial charge in [0.05, 0.1) is 5.02 Å². The lowest BCUT2D eigenvalue weighted by molar-refractivity contribution is 0.264. The van der Waals surface area contributed by atoms with Crippen molar-refractivity contribution < 1.29 is 0 Å². The molecule has 5 heteroatoms. The van der Waals surface area contributed by atoms with Crippen LogP contribution in [0, 0.1) is 0 Å². The molecule has 1 saturated heterocycles. The fourth-order valence-corrected chi connectivity index (χ4v) is 3.49. The van der Waals surface area contributed by atoms with Crippen molar-refractivity contribution in [3.05, 3.63) is 47.6 Å². The molecule has 0 amide bonds. The number of benzene rings is 1. The number of halogens is 1. The smallest absolute Gasteiger partial charge is 0.139 e. The summed E-state index contributed by atoms with van der Waals surface area (Å²) in [7, 11) is 2.19. The van der Waals surface area contributed by atoms with Crippen LogP contribution in [0.15, 0.2) is 42.6 Å². The molecule has 2 N–H and O–H groups in total. The highest BCUT2D eigenvalue weighted by Crippen LogP contribution is 2.28. The Morgan fingerprint density at radius 1 is 1.17 bits per heavy atom. The van der Waals surface area contributed by atoms with Crippen molar-refractivity contribution in [2.24, 2.45) is 0 Å². The fourth-order valence-electron chi connectivity index (χ4n) is 3.28. The molecule has 0 aliphatic carbocycles. The van der Waals surface area contributed by atoms with Crippen LogP contribution in [0.4, 0.5) is 5.69 Å². The van der Waals surface area contributed by atoms with E-state index in [9.17, 15) is 0 Å². The Bertz CT molecular complexity index is 832. The van der Waals surface area contributed by atoms with Gasteiger partial charge >= 0.3 is 0 Å². The van der Waals surface area contributed by atoms with Gasteiger partial charge in [-0.3, -0.25) is 0 Å². The second-order valence-electron chi connectivity index (χ2n) is 6.54. The Morgan fingerprint density at radius 3 is 2.62 bits per heavy atom. The molecule has 3 aromatic rings. The first-order valence-corrected chi connectivity index (χ1v) is 8.75. The Hall–Kier alpha value is -2.04. The monoisotopic (exact) mass is 340 g/mol. The predicted molar refractivity (Wildman–Crippen MR) is 101 cm³/mol. The van der Waals surface area contributed by atoms with Gasteiger partial charge in [0.25, 0.3) is 0 Å². The second kappa shape index (κ2) is 6.46. The van der Waals surface area contributed by atoms with E-state index in [1.54, 1.807) is 6.20 Å². The minimum absolute atomic E-state index is 0.572. The standard InChI is InChI=1S/C19H21ClN4/c1-24-10-7-15(8-11-24)22-14-4-2-13(3-5-14)18-12-16-17(20)6-9-21-19(16)23-18/h2-6,9,12,15,22H,7-8,10-11H2,1H3,(H,21,23). The van der Waals surface area contributed by atoms with Gasteiger partial charge in [-0.15, -0.1) is 0 Å². The molecule has 1 aromatic carbocycles. The van der Waals surface area contributed by atoms with Crippen LogP contribution in [0.3, 0.4) is 0 Å². The number of piperidine rings is 1. The highest BCUT2D eigenvalue weighted by atomic mass is 35.5. The third-order valence-corrected chi connectivity index (χ3v) is 5.09. The van der Waals surface area contributed by atoms with E-state index in [4.69, 9.17) is 11.6 Å². The van der Waals surface area contributed by atoms with E-state index in [1.807, 2.05) is 6.07 Å². The summed E-state index contributed by atoms with van der Waals surface area (Å²) in [6.07, 6.45) is 4.12. The molecule has 0 spiro atoms. The summed E-state index contributed by atoms with van der Waals surface area (Å²) < 4.78 is 0. The van der Waals surface area contributed by atoms with E-state index < -0.39 is 0 Å². The van der Waals surface area contributed by atoms with E-state index in [0.717, 1.165) is 27.3 Å².